The van der Waals surface area contributed by atoms with E-state index in [1.807, 2.05) is 13.0 Å². The summed E-state index contributed by atoms with van der Waals surface area (Å²) < 4.78 is 17.6. The zero-order chi connectivity index (χ0) is 20.1. The molecule has 28 heavy (non-hydrogen) atoms. The normalized spacial score (nSPS) is 35.3. The second-order valence-corrected chi connectivity index (χ2v) is 9.32. The van der Waals surface area contributed by atoms with Gasteiger partial charge in [0, 0.05) is 19.6 Å². The van der Waals surface area contributed by atoms with Crippen molar-refractivity contribution in [2.45, 2.75) is 59.1 Å². The molecule has 1 aromatic carbocycles. The molecule has 154 valence electrons. The van der Waals surface area contributed by atoms with E-state index in [0.717, 1.165) is 36.5 Å². The van der Waals surface area contributed by atoms with Crippen molar-refractivity contribution in [3.05, 3.63) is 23.8 Å². The number of ether oxygens (including phenoxy) is 3. The lowest BCUT2D eigenvalue weighted by Gasteiger charge is -2.53. The van der Waals surface area contributed by atoms with Crippen LogP contribution in [0.25, 0.3) is 0 Å². The van der Waals surface area contributed by atoms with Gasteiger partial charge in [-0.2, -0.15) is 0 Å². The van der Waals surface area contributed by atoms with Crippen molar-refractivity contribution in [3.63, 3.8) is 0 Å². The molecule has 2 saturated carbocycles. The minimum absolute atomic E-state index is 0.0377. The van der Waals surface area contributed by atoms with Crippen molar-refractivity contribution >= 4 is 5.91 Å². The largest absolute Gasteiger partial charge is 0.493 e. The molecule has 1 saturated heterocycles. The van der Waals surface area contributed by atoms with Crippen LogP contribution in [0.5, 0.6) is 11.5 Å². The minimum Gasteiger partial charge on any atom is -0.493 e. The first-order valence-electron chi connectivity index (χ1n) is 10.5. The highest BCUT2D eigenvalue weighted by Gasteiger charge is 2.68. The van der Waals surface area contributed by atoms with Crippen LogP contribution in [0.1, 0.15) is 58.6 Å². The zero-order valence-electron chi connectivity index (χ0n) is 17.7. The van der Waals surface area contributed by atoms with E-state index in [0.29, 0.717) is 18.4 Å². The summed E-state index contributed by atoms with van der Waals surface area (Å²) in [7, 11) is 1.68. The number of rotatable bonds is 5. The monoisotopic (exact) mass is 387 g/mol. The van der Waals surface area contributed by atoms with Gasteiger partial charge in [-0.3, -0.25) is 4.79 Å². The van der Waals surface area contributed by atoms with Crippen LogP contribution in [0.15, 0.2) is 18.2 Å². The second kappa shape index (κ2) is 6.94. The first-order chi connectivity index (χ1) is 13.3. The van der Waals surface area contributed by atoms with Gasteiger partial charge >= 0.3 is 0 Å². The topological polar surface area (TPSA) is 56.8 Å². The summed E-state index contributed by atoms with van der Waals surface area (Å²) in [5, 5.41) is 3.33. The summed E-state index contributed by atoms with van der Waals surface area (Å²) in [4.78, 5) is 12.0. The van der Waals surface area contributed by atoms with E-state index in [1.165, 1.54) is 6.42 Å². The predicted molar refractivity (Wildman–Crippen MR) is 108 cm³/mol. The van der Waals surface area contributed by atoms with E-state index in [4.69, 9.17) is 14.2 Å². The van der Waals surface area contributed by atoms with Crippen LogP contribution in [0.3, 0.4) is 0 Å². The molecule has 1 unspecified atom stereocenters. The Labute approximate surface area is 168 Å². The highest BCUT2D eigenvalue weighted by molar-refractivity contribution is 5.73. The highest BCUT2D eigenvalue weighted by atomic mass is 16.5. The SMILES string of the molecule is CCOc1ccc([C@H]2OCCC34C[C@@H](C[C@H]23)C(C)(C)[C@@H]4NC(C)=O)cc1OC. The second-order valence-electron chi connectivity index (χ2n) is 9.32. The predicted octanol–water partition coefficient (Wildman–Crippen LogP) is 4.11. The van der Waals surface area contributed by atoms with E-state index < -0.39 is 0 Å². The maximum Gasteiger partial charge on any atom is 0.217 e. The molecule has 1 N–H and O–H groups in total. The van der Waals surface area contributed by atoms with E-state index >= 15 is 0 Å². The fourth-order valence-corrected chi connectivity index (χ4v) is 6.46. The molecule has 1 aliphatic heterocycles. The average molecular weight is 388 g/mol. The van der Waals surface area contributed by atoms with Crippen LogP contribution in [0, 0.1) is 22.7 Å². The Morgan fingerprint density at radius 3 is 2.79 bits per heavy atom. The Morgan fingerprint density at radius 1 is 1.32 bits per heavy atom. The molecular weight excluding hydrogens is 354 g/mol. The van der Waals surface area contributed by atoms with Crippen molar-refractivity contribution in [3.8, 4) is 11.5 Å². The van der Waals surface area contributed by atoms with Crippen LogP contribution in [-0.4, -0.2) is 32.3 Å². The van der Waals surface area contributed by atoms with Gasteiger partial charge < -0.3 is 19.5 Å². The van der Waals surface area contributed by atoms with E-state index in [2.05, 4.69) is 31.3 Å². The van der Waals surface area contributed by atoms with Gasteiger partial charge in [0.15, 0.2) is 11.5 Å². The lowest BCUT2D eigenvalue weighted by molar-refractivity contribution is -0.136. The third-order valence-corrected chi connectivity index (χ3v) is 7.67. The summed E-state index contributed by atoms with van der Waals surface area (Å²) in [5.74, 6) is 2.63. The van der Waals surface area contributed by atoms with E-state index in [1.54, 1.807) is 14.0 Å². The van der Waals surface area contributed by atoms with Gasteiger partial charge in [-0.1, -0.05) is 19.9 Å². The zero-order valence-corrected chi connectivity index (χ0v) is 17.7. The number of hydrogen-bond acceptors (Lipinski definition) is 4. The number of carbonyl (C=O) groups is 1. The molecule has 1 spiro atoms. The average Bonchev–Trinajstić information content (AvgIpc) is 3.15. The number of methoxy groups -OCH3 is 1. The van der Waals surface area contributed by atoms with Crippen LogP contribution in [-0.2, 0) is 9.53 Å². The molecule has 3 aliphatic rings. The first kappa shape index (κ1) is 19.6. The molecule has 0 radical (unpaired) electrons. The third kappa shape index (κ3) is 2.81. The number of carbonyl (C=O) groups excluding carboxylic acids is 1. The van der Waals surface area contributed by atoms with E-state index in [-0.39, 0.29) is 28.9 Å². The molecule has 2 bridgehead atoms. The maximum absolute atomic E-state index is 12.0. The lowest BCUT2D eigenvalue weighted by atomic mass is 9.59. The molecule has 3 fully saturated rings. The van der Waals surface area contributed by atoms with Gasteiger partial charge in [-0.05, 0) is 66.5 Å². The number of fused-ring (bicyclic) bond motifs is 1. The summed E-state index contributed by atoms with van der Waals surface area (Å²) in [6.07, 6.45) is 3.40. The molecular formula is C23H33NO4. The van der Waals surface area contributed by atoms with Gasteiger partial charge in [0.05, 0.1) is 19.8 Å². The number of hydrogen-bond donors (Lipinski definition) is 1. The van der Waals surface area contributed by atoms with Crippen LogP contribution >= 0.6 is 0 Å². The summed E-state index contributed by atoms with van der Waals surface area (Å²) in [5.41, 5.74) is 1.39. The van der Waals surface area contributed by atoms with Gasteiger partial charge in [-0.15, -0.1) is 0 Å². The Bertz CT molecular complexity index is 761. The fourth-order valence-electron chi connectivity index (χ4n) is 6.46. The summed E-state index contributed by atoms with van der Waals surface area (Å²) in [6.45, 7) is 9.61. The van der Waals surface area contributed by atoms with Crippen molar-refractivity contribution in [1.82, 2.24) is 5.32 Å². The van der Waals surface area contributed by atoms with Crippen molar-refractivity contribution in [1.29, 1.82) is 0 Å². The Kier molecular flexibility index (Phi) is 4.85. The smallest absolute Gasteiger partial charge is 0.217 e. The number of amides is 1. The molecule has 1 heterocycles. The number of nitrogens with one attached hydrogen (secondary N) is 1. The van der Waals surface area contributed by atoms with E-state index in [9.17, 15) is 4.79 Å². The lowest BCUT2D eigenvalue weighted by Crippen LogP contribution is -2.58. The van der Waals surface area contributed by atoms with Gasteiger partial charge in [0.25, 0.3) is 0 Å². The van der Waals surface area contributed by atoms with Crippen LogP contribution in [0.2, 0.25) is 0 Å². The number of benzene rings is 1. The first-order valence-corrected chi connectivity index (χ1v) is 10.5. The van der Waals surface area contributed by atoms with Gasteiger partial charge in [0.1, 0.15) is 0 Å². The maximum atomic E-state index is 12.0. The van der Waals surface area contributed by atoms with Crippen molar-refractivity contribution in [2.75, 3.05) is 20.3 Å². The summed E-state index contributed by atoms with van der Waals surface area (Å²) in [6, 6.07) is 6.38. The molecule has 2 aliphatic carbocycles. The van der Waals surface area contributed by atoms with Crippen LogP contribution in [0.4, 0.5) is 0 Å². The van der Waals surface area contributed by atoms with Gasteiger partial charge in [-0.25, -0.2) is 0 Å². The molecule has 5 heteroatoms. The Hall–Kier alpha value is -1.75. The molecule has 1 aromatic rings. The van der Waals surface area contributed by atoms with Crippen LogP contribution < -0.4 is 14.8 Å². The van der Waals surface area contributed by atoms with Crippen molar-refractivity contribution in [2.24, 2.45) is 22.7 Å². The minimum atomic E-state index is 0.0377. The standard InChI is InChI=1S/C23H33NO4/c1-6-27-18-8-7-15(11-19(18)26-5)20-17-12-16-13-23(17,9-10-28-20)21(22(16,3)4)24-14(2)25/h7-8,11,16-17,20-21H,6,9-10,12-13H2,1-5H3,(H,24,25)/t16-,17-,20-,21+,23?/m1/s1. The quantitative estimate of drug-likeness (QED) is 0.826. The highest BCUT2D eigenvalue weighted by Crippen LogP contribution is 2.70. The van der Waals surface area contributed by atoms with Gasteiger partial charge in [0.2, 0.25) is 5.91 Å². The molecule has 4 rings (SSSR count). The molecule has 5 atom stereocenters. The Balaban J connectivity index is 1.68. The molecule has 5 nitrogen and oxygen atoms in total. The third-order valence-electron chi connectivity index (χ3n) is 7.67. The fraction of sp³-hybridized carbons (Fsp3) is 0.696. The molecule has 0 aromatic heterocycles. The molecule has 1 amide bonds. The Morgan fingerprint density at radius 2 is 2.11 bits per heavy atom. The van der Waals surface area contributed by atoms with Crippen molar-refractivity contribution < 1.29 is 19.0 Å². The summed E-state index contributed by atoms with van der Waals surface area (Å²) >= 11 is 0.